The van der Waals surface area contributed by atoms with Crippen molar-refractivity contribution in [3.8, 4) is 0 Å². The van der Waals surface area contributed by atoms with Gasteiger partial charge in [0.15, 0.2) is 0 Å². The Balaban J connectivity index is 2.20. The molecular formula is C12H14BrNO3. The molecule has 1 heterocycles. The van der Waals surface area contributed by atoms with Gasteiger partial charge in [-0.05, 0) is 23.6 Å². The van der Waals surface area contributed by atoms with Gasteiger partial charge in [-0.3, -0.25) is 4.79 Å². The Morgan fingerprint density at radius 3 is 2.88 bits per heavy atom. The lowest BCUT2D eigenvalue weighted by molar-refractivity contribution is 0.0173. The highest BCUT2D eigenvalue weighted by Gasteiger charge is 2.22. The summed E-state index contributed by atoms with van der Waals surface area (Å²) in [5.74, 6) is -0.0814. The predicted molar refractivity (Wildman–Crippen MR) is 67.0 cm³/mol. The Morgan fingerprint density at radius 1 is 1.41 bits per heavy atom. The Bertz CT molecular complexity index is 436. The Hall–Kier alpha value is -0.910. The van der Waals surface area contributed by atoms with E-state index >= 15 is 0 Å². The minimum Gasteiger partial charge on any atom is -0.390 e. The van der Waals surface area contributed by atoms with Crippen molar-refractivity contribution < 1.29 is 15.0 Å². The van der Waals surface area contributed by atoms with E-state index in [4.69, 9.17) is 0 Å². The van der Waals surface area contributed by atoms with E-state index in [-0.39, 0.29) is 5.91 Å². The number of fused-ring (bicyclic) bond motifs is 1. The molecule has 92 valence electrons. The fraction of sp³-hybridized carbons (Fsp3) is 0.417. The molecule has 1 aromatic rings. The van der Waals surface area contributed by atoms with Crippen molar-refractivity contribution in [3.63, 3.8) is 0 Å². The van der Waals surface area contributed by atoms with Gasteiger partial charge < -0.3 is 15.5 Å². The highest BCUT2D eigenvalue weighted by atomic mass is 79.9. The van der Waals surface area contributed by atoms with E-state index in [0.717, 1.165) is 5.56 Å². The summed E-state index contributed by atoms with van der Waals surface area (Å²) in [6.07, 6.45) is -1.22. The number of nitrogens with one attached hydrogen (secondary N) is 1. The summed E-state index contributed by atoms with van der Waals surface area (Å²) >= 11 is 3.22. The lowest BCUT2D eigenvalue weighted by atomic mass is 9.98. The number of hydrogen-bond acceptors (Lipinski definition) is 3. The molecule has 0 radical (unpaired) electrons. The molecule has 5 heteroatoms. The van der Waals surface area contributed by atoms with Gasteiger partial charge in [-0.1, -0.05) is 28.1 Å². The summed E-state index contributed by atoms with van der Waals surface area (Å²) < 4.78 is 0. The Labute approximate surface area is 108 Å². The first-order valence-corrected chi connectivity index (χ1v) is 6.58. The van der Waals surface area contributed by atoms with Crippen LogP contribution < -0.4 is 5.32 Å². The summed E-state index contributed by atoms with van der Waals surface area (Å²) in [5, 5.41) is 23.0. The van der Waals surface area contributed by atoms with Gasteiger partial charge in [0.25, 0.3) is 5.91 Å². The lowest BCUT2D eigenvalue weighted by Crippen LogP contribution is -2.18. The maximum absolute atomic E-state index is 11.4. The van der Waals surface area contributed by atoms with E-state index in [1.165, 1.54) is 0 Å². The molecule has 1 aliphatic rings. The van der Waals surface area contributed by atoms with Crippen LogP contribution in [0.5, 0.6) is 0 Å². The number of aliphatic hydroxyl groups is 2. The number of amides is 1. The van der Waals surface area contributed by atoms with Crippen LogP contribution in [0.15, 0.2) is 18.2 Å². The minimum atomic E-state index is -0.909. The van der Waals surface area contributed by atoms with Crippen molar-refractivity contribution in [1.82, 2.24) is 5.32 Å². The molecule has 1 amide bonds. The topological polar surface area (TPSA) is 69.6 Å². The number of carbonyl (C=O) groups is 1. The van der Waals surface area contributed by atoms with E-state index in [0.29, 0.717) is 29.4 Å². The van der Waals surface area contributed by atoms with Gasteiger partial charge in [0.1, 0.15) is 6.10 Å². The van der Waals surface area contributed by atoms with Crippen LogP contribution in [0, 0.1) is 0 Å². The molecule has 2 atom stereocenters. The van der Waals surface area contributed by atoms with Crippen LogP contribution in [0.2, 0.25) is 0 Å². The average Bonchev–Trinajstić information content (AvgIpc) is 2.70. The number of carbonyl (C=O) groups excluding carboxylic acids is 1. The third kappa shape index (κ3) is 2.51. The Kier molecular flexibility index (Phi) is 3.81. The summed E-state index contributed by atoms with van der Waals surface area (Å²) in [6.45, 7) is 0.489. The van der Waals surface area contributed by atoms with Crippen molar-refractivity contribution >= 4 is 21.8 Å². The normalized spacial score (nSPS) is 17.5. The average molecular weight is 300 g/mol. The minimum absolute atomic E-state index is 0.0814. The molecule has 0 spiro atoms. The first-order chi connectivity index (χ1) is 8.13. The van der Waals surface area contributed by atoms with Gasteiger partial charge in [0, 0.05) is 17.4 Å². The molecule has 1 aromatic carbocycles. The number of benzene rings is 1. The monoisotopic (exact) mass is 299 g/mol. The Morgan fingerprint density at radius 2 is 2.18 bits per heavy atom. The summed E-state index contributed by atoms with van der Waals surface area (Å²) in [7, 11) is 0. The zero-order chi connectivity index (χ0) is 12.4. The molecule has 1 aliphatic heterocycles. The van der Waals surface area contributed by atoms with Crippen molar-refractivity contribution in [2.24, 2.45) is 0 Å². The standard InChI is InChI=1S/C12H14BrNO3/c13-4-3-10(15)11(16)7-1-2-9-8(5-7)6-14-12(9)17/h1-2,5,10-11,15-16H,3-4,6H2,(H,14,17). The fourth-order valence-corrected chi connectivity index (χ4v) is 2.40. The van der Waals surface area contributed by atoms with Crippen molar-refractivity contribution in [3.05, 3.63) is 34.9 Å². The number of alkyl halides is 1. The van der Waals surface area contributed by atoms with Gasteiger partial charge in [-0.2, -0.15) is 0 Å². The zero-order valence-corrected chi connectivity index (χ0v) is 10.8. The molecular weight excluding hydrogens is 286 g/mol. The van der Waals surface area contributed by atoms with Crippen LogP contribution in [0.4, 0.5) is 0 Å². The molecule has 0 fully saturated rings. The van der Waals surface area contributed by atoms with E-state index < -0.39 is 12.2 Å². The molecule has 0 saturated carbocycles. The molecule has 0 bridgehead atoms. The smallest absolute Gasteiger partial charge is 0.251 e. The molecule has 0 saturated heterocycles. The molecule has 2 unspecified atom stereocenters. The van der Waals surface area contributed by atoms with E-state index in [9.17, 15) is 15.0 Å². The lowest BCUT2D eigenvalue weighted by Gasteiger charge is -2.17. The number of rotatable bonds is 4. The third-order valence-electron chi connectivity index (χ3n) is 2.92. The van der Waals surface area contributed by atoms with Crippen molar-refractivity contribution in [2.75, 3.05) is 5.33 Å². The molecule has 17 heavy (non-hydrogen) atoms. The van der Waals surface area contributed by atoms with Gasteiger partial charge in [-0.25, -0.2) is 0 Å². The van der Waals surface area contributed by atoms with Crippen molar-refractivity contribution in [2.45, 2.75) is 25.2 Å². The summed E-state index contributed by atoms with van der Waals surface area (Å²) in [6, 6.07) is 5.15. The second kappa shape index (κ2) is 5.16. The SMILES string of the molecule is O=C1NCc2cc(C(O)C(O)CCBr)ccc21. The van der Waals surface area contributed by atoms with Crippen LogP contribution in [-0.4, -0.2) is 27.6 Å². The highest BCUT2D eigenvalue weighted by Crippen LogP contribution is 2.24. The maximum Gasteiger partial charge on any atom is 0.251 e. The van der Waals surface area contributed by atoms with Gasteiger partial charge in [-0.15, -0.1) is 0 Å². The predicted octanol–water partition coefficient (Wildman–Crippen LogP) is 1.11. The van der Waals surface area contributed by atoms with Crippen LogP contribution >= 0.6 is 15.9 Å². The molecule has 3 N–H and O–H groups in total. The molecule has 2 rings (SSSR count). The largest absolute Gasteiger partial charge is 0.390 e. The van der Waals surface area contributed by atoms with Gasteiger partial charge >= 0.3 is 0 Å². The quantitative estimate of drug-likeness (QED) is 0.730. The molecule has 4 nitrogen and oxygen atoms in total. The van der Waals surface area contributed by atoms with Crippen LogP contribution in [0.1, 0.15) is 34.0 Å². The number of aliphatic hydroxyl groups excluding tert-OH is 2. The maximum atomic E-state index is 11.4. The zero-order valence-electron chi connectivity index (χ0n) is 9.19. The molecule has 0 aliphatic carbocycles. The highest BCUT2D eigenvalue weighted by molar-refractivity contribution is 9.09. The fourth-order valence-electron chi connectivity index (χ4n) is 1.93. The van der Waals surface area contributed by atoms with Crippen LogP contribution in [0.25, 0.3) is 0 Å². The van der Waals surface area contributed by atoms with E-state index in [2.05, 4.69) is 21.2 Å². The third-order valence-corrected chi connectivity index (χ3v) is 3.38. The first kappa shape index (κ1) is 12.5. The molecule has 0 aromatic heterocycles. The van der Waals surface area contributed by atoms with E-state index in [1.807, 2.05) is 0 Å². The van der Waals surface area contributed by atoms with Gasteiger partial charge in [0.2, 0.25) is 0 Å². The van der Waals surface area contributed by atoms with Crippen LogP contribution in [0.3, 0.4) is 0 Å². The second-order valence-corrected chi connectivity index (χ2v) is 4.88. The van der Waals surface area contributed by atoms with Crippen molar-refractivity contribution in [1.29, 1.82) is 0 Å². The number of halogens is 1. The number of hydrogen-bond donors (Lipinski definition) is 3. The first-order valence-electron chi connectivity index (χ1n) is 5.46. The van der Waals surface area contributed by atoms with Gasteiger partial charge in [0.05, 0.1) is 6.10 Å². The summed E-state index contributed by atoms with van der Waals surface area (Å²) in [4.78, 5) is 11.4. The second-order valence-electron chi connectivity index (χ2n) is 4.09. The van der Waals surface area contributed by atoms with Crippen LogP contribution in [-0.2, 0) is 6.54 Å². The summed E-state index contributed by atoms with van der Waals surface area (Å²) in [5.41, 5.74) is 2.17. The van der Waals surface area contributed by atoms with E-state index in [1.54, 1.807) is 18.2 Å².